The Morgan fingerprint density at radius 3 is 1.18 bits per heavy atom. The number of nitrogens with one attached hydrogen (secondary N) is 18. The lowest BCUT2D eigenvalue weighted by Gasteiger charge is -2.37. The third-order valence-electron chi connectivity index (χ3n) is 23.7. The molecule has 2 saturated heterocycles. The molecule has 11 atom stereocenters. The van der Waals surface area contributed by atoms with E-state index < -0.39 is 290 Å². The first kappa shape index (κ1) is 121. The molecule has 2 aliphatic heterocycles. The molecule has 0 radical (unpaired) electrons. The summed E-state index contributed by atoms with van der Waals surface area (Å²) in [4.78, 5) is 316. The molecule has 25 N–H and O–H groups in total. The normalized spacial score (nSPS) is 16.6. The minimum absolute atomic E-state index is 0.0256. The van der Waals surface area contributed by atoms with Crippen LogP contribution in [0.5, 0.6) is 0 Å². The standard InChI is InChI=1S/C90H155N23O24/c1-29-48(7)62(101-74(131)83(14,15)105-66(123)54(37-40-59(93)118)98-73(130)84(16,17)109-76(133)86(20,21)104-63(120)49(8)95-72(129)82(12,13)106-68(125)56-34-32-42-113(56)79(136)88(24,25)102-50(9)115)70(127)108-81(10,11)71(128)94-44-60(119)103-85(18,19)75(132)110-89(26,27)80(137)112-41-31-33-55(112)67(124)100-61(47(5)6)69(126)107-87(22,23)77(134)111-90(28,30-2)78(135)99-53(36-39-58(92)117)65(122)97-52(35-38-57(91)116)64(121)96-51(45-114)43-46(3)4/h46-49,51-56,61-62,114H,29-45H2,1-28H3,(H2,91,116)(H2,92,117)(H2,93,118)(H,94,128)(H,95,129)(H,96,121)(H,97,122)(H,98,130)(H,99,135)(H,100,124)(H,101,131)(H,102,115)(H,103,119)(H,104,120)(H,105,123)(H,106,125)(H,107,126)(H,108,127)(H,109,133)(H,110,132)(H,111,134). The predicted octanol–water partition coefficient (Wildman–Crippen LogP) is -4.61. The van der Waals surface area contributed by atoms with Gasteiger partial charge in [0.2, 0.25) is 136 Å². The molecule has 0 aromatic heterocycles. The molecule has 47 nitrogen and oxygen atoms in total. The summed E-state index contributed by atoms with van der Waals surface area (Å²) in [6, 6.07) is -11.5. The van der Waals surface area contributed by atoms with Crippen LogP contribution in [-0.4, -0.2) is 287 Å². The van der Waals surface area contributed by atoms with Crippen molar-refractivity contribution >= 4 is 136 Å². The first-order valence-electron chi connectivity index (χ1n) is 46.1. The fourth-order valence-electron chi connectivity index (χ4n) is 14.5. The molecule has 2 aliphatic rings. The van der Waals surface area contributed by atoms with Crippen molar-refractivity contribution in [2.45, 2.75) is 387 Å². The Balaban J connectivity index is 2.18. The number of hydrogen-bond donors (Lipinski definition) is 22. The number of amides is 23. The monoisotopic (exact) mass is 1940 g/mol. The number of carbonyl (C=O) groups is 23. The molecule has 0 aliphatic carbocycles. The van der Waals surface area contributed by atoms with Crippen LogP contribution in [0.25, 0.3) is 0 Å². The van der Waals surface area contributed by atoms with Crippen LogP contribution in [0.4, 0.5) is 0 Å². The van der Waals surface area contributed by atoms with Crippen LogP contribution in [0.15, 0.2) is 0 Å². The van der Waals surface area contributed by atoms with E-state index in [4.69, 9.17) is 17.2 Å². The summed E-state index contributed by atoms with van der Waals surface area (Å²) < 4.78 is 0. The highest BCUT2D eigenvalue weighted by atomic mass is 16.3. The number of nitrogens with two attached hydrogens (primary N) is 3. The van der Waals surface area contributed by atoms with Gasteiger partial charge < -0.3 is 128 Å². The first-order valence-corrected chi connectivity index (χ1v) is 46.1. The molecule has 23 amide bonds. The number of aliphatic hydroxyl groups is 1. The van der Waals surface area contributed by atoms with Crippen molar-refractivity contribution in [2.75, 3.05) is 26.2 Å². The zero-order valence-corrected chi connectivity index (χ0v) is 84.9. The number of hydrogen-bond acceptors (Lipinski definition) is 24. The van der Waals surface area contributed by atoms with Gasteiger partial charge in [-0.2, -0.15) is 0 Å². The van der Waals surface area contributed by atoms with Crippen LogP contribution in [0.3, 0.4) is 0 Å². The lowest BCUT2D eigenvalue weighted by atomic mass is 9.93. The number of carbonyl (C=O) groups excluding carboxylic acids is 23. The van der Waals surface area contributed by atoms with Crippen molar-refractivity contribution in [3.05, 3.63) is 0 Å². The van der Waals surface area contributed by atoms with Crippen LogP contribution in [-0.2, 0) is 110 Å². The van der Waals surface area contributed by atoms with Gasteiger partial charge in [0.05, 0.1) is 19.2 Å². The molecule has 11 unspecified atom stereocenters. The topological polar surface area (TPSA) is 714 Å². The first-order chi connectivity index (χ1) is 62.4. The van der Waals surface area contributed by atoms with Gasteiger partial charge in [0.25, 0.3) is 0 Å². The van der Waals surface area contributed by atoms with Gasteiger partial charge in [-0.25, -0.2) is 0 Å². The molecule has 47 heteroatoms. The quantitative estimate of drug-likeness (QED) is 0.0272. The van der Waals surface area contributed by atoms with E-state index in [0.29, 0.717) is 19.3 Å². The number of likely N-dealkylation sites (tertiary alicyclic amines) is 2. The summed E-state index contributed by atoms with van der Waals surface area (Å²) in [6.07, 6.45) is -0.680. The molecule has 0 aromatic carbocycles. The molecular weight excluding hydrogens is 1790 g/mol. The van der Waals surface area contributed by atoms with Gasteiger partial charge in [-0.15, -0.1) is 0 Å². The van der Waals surface area contributed by atoms with E-state index in [-0.39, 0.29) is 64.0 Å². The molecule has 774 valence electrons. The minimum atomic E-state index is -1.92. The summed E-state index contributed by atoms with van der Waals surface area (Å²) >= 11 is 0. The highest BCUT2D eigenvalue weighted by Crippen LogP contribution is 2.27. The van der Waals surface area contributed by atoms with Gasteiger partial charge >= 0.3 is 0 Å². The summed E-state index contributed by atoms with van der Waals surface area (Å²) in [5, 5.41) is 56.0. The van der Waals surface area contributed by atoms with Gasteiger partial charge in [0.15, 0.2) is 0 Å². The van der Waals surface area contributed by atoms with E-state index in [1.807, 2.05) is 13.8 Å². The van der Waals surface area contributed by atoms with Crippen LogP contribution in [0.1, 0.15) is 277 Å². The van der Waals surface area contributed by atoms with Crippen molar-refractivity contribution in [1.29, 1.82) is 0 Å². The van der Waals surface area contributed by atoms with E-state index in [1.165, 1.54) is 162 Å². The lowest BCUT2D eigenvalue weighted by molar-refractivity contribution is -0.146. The Hall–Kier alpha value is -12.2. The van der Waals surface area contributed by atoms with Crippen LogP contribution < -0.4 is 113 Å². The minimum Gasteiger partial charge on any atom is -0.394 e. The smallest absolute Gasteiger partial charge is 0.248 e. The van der Waals surface area contributed by atoms with Crippen molar-refractivity contribution < 1.29 is 115 Å². The maximum absolute atomic E-state index is 14.5. The van der Waals surface area contributed by atoms with Crippen molar-refractivity contribution in [3.8, 4) is 0 Å². The summed E-state index contributed by atoms with van der Waals surface area (Å²) in [6.45, 7) is 38.6. The van der Waals surface area contributed by atoms with E-state index >= 15 is 0 Å². The molecule has 0 spiro atoms. The van der Waals surface area contributed by atoms with Gasteiger partial charge in [-0.3, -0.25) is 110 Å². The highest BCUT2D eigenvalue weighted by Gasteiger charge is 2.50. The van der Waals surface area contributed by atoms with Crippen LogP contribution >= 0.6 is 0 Å². The second-order valence-electron chi connectivity index (χ2n) is 41.3. The zero-order valence-electron chi connectivity index (χ0n) is 84.9. The van der Waals surface area contributed by atoms with E-state index in [2.05, 4.69) is 95.7 Å². The molecule has 0 aromatic rings. The fourth-order valence-corrected chi connectivity index (χ4v) is 14.5. The largest absolute Gasteiger partial charge is 0.394 e. The van der Waals surface area contributed by atoms with Crippen LogP contribution in [0, 0.1) is 17.8 Å². The molecule has 0 bridgehead atoms. The second kappa shape index (κ2) is 49.7. The molecule has 2 fully saturated rings. The third-order valence-corrected chi connectivity index (χ3v) is 23.7. The average molecular weight is 1940 g/mol. The summed E-state index contributed by atoms with van der Waals surface area (Å²) in [5.41, 5.74) is -1.45. The van der Waals surface area contributed by atoms with E-state index in [1.54, 1.807) is 27.7 Å². The SMILES string of the molecule is CCC(C)C(NC(=O)C(C)(C)NC(=O)C(CCC(N)=O)NC(=O)C(C)(C)NC(=O)C(C)(C)NC(=O)C(C)NC(=O)C(C)(C)NC(=O)C1CCCN1C(=O)C(C)(C)NC(C)=O)C(=O)NC(C)(C)C(=O)NCC(=O)NC(C)(C)C(=O)NC(C)(C)C(=O)N1CCCC1C(=O)NC(C(=O)NC(C)(C)C(=O)NC(C)(CC)C(=O)NC(CCC(N)=O)C(=O)NC(CCC(N)=O)C(=O)NC(CO)CC(C)C)C(C)C. The molecule has 2 rings (SSSR count). The van der Waals surface area contributed by atoms with Crippen molar-refractivity contribution in [1.82, 2.24) is 106 Å². The Morgan fingerprint density at radius 2 is 0.730 bits per heavy atom. The van der Waals surface area contributed by atoms with Gasteiger partial charge in [-0.1, -0.05) is 54.9 Å². The maximum Gasteiger partial charge on any atom is 0.248 e. The second-order valence-corrected chi connectivity index (χ2v) is 41.3. The fraction of sp³-hybridized carbons (Fsp3) is 0.744. The summed E-state index contributed by atoms with van der Waals surface area (Å²) in [5.74, 6) is -20.6. The Labute approximate surface area is 801 Å². The van der Waals surface area contributed by atoms with E-state index in [9.17, 15) is 115 Å². The molecule has 137 heavy (non-hydrogen) atoms. The zero-order chi connectivity index (χ0) is 106. The number of nitrogens with zero attached hydrogens (tertiary/aromatic N) is 2. The lowest BCUT2D eigenvalue weighted by Crippen LogP contribution is -2.67. The van der Waals surface area contributed by atoms with Gasteiger partial charge in [-0.05, 0) is 214 Å². The van der Waals surface area contributed by atoms with Gasteiger partial charge in [0, 0.05) is 39.3 Å². The summed E-state index contributed by atoms with van der Waals surface area (Å²) in [7, 11) is 0. The van der Waals surface area contributed by atoms with Gasteiger partial charge in [0.1, 0.15) is 104 Å². The number of aliphatic hydroxyl groups excluding tert-OH is 1. The van der Waals surface area contributed by atoms with Crippen molar-refractivity contribution in [2.24, 2.45) is 35.0 Å². The maximum atomic E-state index is 14.5. The number of rotatable bonds is 53. The van der Waals surface area contributed by atoms with Crippen LogP contribution in [0.2, 0.25) is 0 Å². The molecule has 0 saturated carbocycles. The highest BCUT2D eigenvalue weighted by molar-refractivity contribution is 6.05. The predicted molar refractivity (Wildman–Crippen MR) is 500 cm³/mol. The Morgan fingerprint density at radius 1 is 0.365 bits per heavy atom. The third kappa shape index (κ3) is 36.3. The average Bonchev–Trinajstić information content (AvgIpc) is 1.71. The Kier molecular flexibility index (Phi) is 43.8. The molecular formula is C90H155N23O24. The van der Waals surface area contributed by atoms with E-state index in [0.717, 1.165) is 0 Å². The van der Waals surface area contributed by atoms with Crippen molar-refractivity contribution in [3.63, 3.8) is 0 Å². The molecule has 2 heterocycles. The number of primary amides is 3. The Bertz CT molecular complexity index is 4500.